The lowest BCUT2D eigenvalue weighted by Crippen LogP contribution is -2.46. The van der Waals surface area contributed by atoms with Crippen molar-refractivity contribution in [3.05, 3.63) is 107 Å². The summed E-state index contributed by atoms with van der Waals surface area (Å²) in [5.41, 5.74) is 3.30. The molecular weight excluding hydrogens is 435 g/mol. The number of nitrogens with zero attached hydrogens (tertiary/aromatic N) is 1. The van der Waals surface area contributed by atoms with Crippen molar-refractivity contribution in [1.29, 1.82) is 0 Å². The predicted octanol–water partition coefficient (Wildman–Crippen LogP) is 6.96. The second kappa shape index (κ2) is 9.30. The third-order valence-corrected chi connectivity index (χ3v) is 7.30. The molecule has 0 unspecified atom stereocenters. The number of halogens is 3. The first-order chi connectivity index (χ1) is 16.4. The number of hydrogen-bond acceptors (Lipinski definition) is 2. The van der Waals surface area contributed by atoms with Crippen LogP contribution in [0.15, 0.2) is 73.3 Å². The van der Waals surface area contributed by atoms with Crippen LogP contribution in [0.5, 0.6) is 5.75 Å². The number of fused-ring (bicyclic) bond motifs is 1. The monoisotopic (exact) mass is 463 g/mol. The van der Waals surface area contributed by atoms with Gasteiger partial charge >= 0.3 is 0 Å². The highest BCUT2D eigenvalue weighted by Crippen LogP contribution is 2.48. The van der Waals surface area contributed by atoms with Gasteiger partial charge in [-0.25, -0.2) is 13.2 Å². The molecule has 0 bridgehead atoms. The minimum atomic E-state index is -0.433. The Bertz CT molecular complexity index is 1120. The maximum Gasteiger partial charge on any atom is 0.137 e. The molecule has 5 rings (SSSR count). The SMILES string of the molecule is C=C1c2cc(F)ccc2OC12CCN(CCCC(c1ccc(F)cc1)c1ccc(F)cc1)CC2. The van der Waals surface area contributed by atoms with Crippen molar-refractivity contribution in [2.45, 2.75) is 37.2 Å². The molecule has 176 valence electrons. The van der Waals surface area contributed by atoms with Crippen molar-refractivity contribution >= 4 is 5.57 Å². The first kappa shape index (κ1) is 22.7. The van der Waals surface area contributed by atoms with Gasteiger partial charge in [0.15, 0.2) is 0 Å². The maximum absolute atomic E-state index is 13.7. The van der Waals surface area contributed by atoms with Crippen LogP contribution in [0, 0.1) is 17.5 Å². The smallest absolute Gasteiger partial charge is 0.137 e. The van der Waals surface area contributed by atoms with E-state index in [1.807, 2.05) is 24.3 Å². The first-order valence-electron chi connectivity index (χ1n) is 11.9. The molecule has 1 spiro atoms. The summed E-state index contributed by atoms with van der Waals surface area (Å²) < 4.78 is 46.9. The van der Waals surface area contributed by atoms with E-state index in [1.165, 1.54) is 36.4 Å². The summed E-state index contributed by atoms with van der Waals surface area (Å²) in [5, 5.41) is 0. The fraction of sp³-hybridized carbons (Fsp3) is 0.310. The van der Waals surface area contributed by atoms with Crippen molar-refractivity contribution in [1.82, 2.24) is 4.90 Å². The van der Waals surface area contributed by atoms with E-state index in [-0.39, 0.29) is 23.4 Å². The Morgan fingerprint density at radius 1 is 0.824 bits per heavy atom. The quantitative estimate of drug-likeness (QED) is 0.392. The summed E-state index contributed by atoms with van der Waals surface area (Å²) >= 11 is 0. The van der Waals surface area contributed by atoms with Gasteiger partial charge in [-0.2, -0.15) is 0 Å². The molecule has 0 radical (unpaired) electrons. The van der Waals surface area contributed by atoms with Gasteiger partial charge in [-0.3, -0.25) is 0 Å². The van der Waals surface area contributed by atoms with E-state index in [2.05, 4.69) is 11.5 Å². The van der Waals surface area contributed by atoms with Crippen LogP contribution in [0.4, 0.5) is 13.2 Å². The lowest BCUT2D eigenvalue weighted by molar-refractivity contribution is 0.0579. The van der Waals surface area contributed by atoms with Crippen LogP contribution in [-0.2, 0) is 0 Å². The molecule has 2 heterocycles. The molecule has 0 aromatic heterocycles. The van der Waals surface area contributed by atoms with Crippen molar-refractivity contribution < 1.29 is 17.9 Å². The Kier molecular flexibility index (Phi) is 6.22. The molecule has 3 aromatic rings. The Labute approximate surface area is 198 Å². The van der Waals surface area contributed by atoms with Crippen molar-refractivity contribution in [2.24, 2.45) is 0 Å². The van der Waals surface area contributed by atoms with Crippen LogP contribution in [0.2, 0.25) is 0 Å². The van der Waals surface area contributed by atoms with Gasteiger partial charge in [0.05, 0.1) is 0 Å². The second-order valence-corrected chi connectivity index (χ2v) is 9.35. The zero-order valence-corrected chi connectivity index (χ0v) is 19.1. The Morgan fingerprint density at radius 2 is 1.38 bits per heavy atom. The summed E-state index contributed by atoms with van der Waals surface area (Å²) in [7, 11) is 0. The first-order valence-corrected chi connectivity index (χ1v) is 11.9. The number of ether oxygens (including phenoxy) is 1. The average Bonchev–Trinajstić information content (AvgIpc) is 3.10. The predicted molar refractivity (Wildman–Crippen MR) is 128 cm³/mol. The van der Waals surface area contributed by atoms with Crippen molar-refractivity contribution in [3.63, 3.8) is 0 Å². The van der Waals surface area contributed by atoms with Gasteiger partial charge in [0.1, 0.15) is 28.8 Å². The summed E-state index contributed by atoms with van der Waals surface area (Å²) in [6.45, 7) is 6.94. The van der Waals surface area contributed by atoms with Crippen LogP contribution >= 0.6 is 0 Å². The highest BCUT2D eigenvalue weighted by atomic mass is 19.1. The van der Waals surface area contributed by atoms with Crippen LogP contribution in [0.25, 0.3) is 5.57 Å². The summed E-state index contributed by atoms with van der Waals surface area (Å²) in [4.78, 5) is 2.43. The van der Waals surface area contributed by atoms with Gasteiger partial charge in [-0.05, 0) is 78.6 Å². The molecule has 1 fully saturated rings. The number of piperidine rings is 1. The fourth-order valence-electron chi connectivity index (χ4n) is 5.32. The molecule has 0 N–H and O–H groups in total. The van der Waals surface area contributed by atoms with Gasteiger partial charge in [0, 0.05) is 37.4 Å². The Hall–Kier alpha value is -3.05. The van der Waals surface area contributed by atoms with Gasteiger partial charge in [-0.15, -0.1) is 0 Å². The largest absolute Gasteiger partial charge is 0.482 e. The summed E-state index contributed by atoms with van der Waals surface area (Å²) in [6.07, 6.45) is 3.48. The van der Waals surface area contributed by atoms with E-state index >= 15 is 0 Å². The number of likely N-dealkylation sites (tertiary alicyclic amines) is 1. The minimum absolute atomic E-state index is 0.0830. The third kappa shape index (κ3) is 4.49. The Balaban J connectivity index is 1.20. The van der Waals surface area contributed by atoms with Gasteiger partial charge in [0.2, 0.25) is 0 Å². The third-order valence-electron chi connectivity index (χ3n) is 7.30. The molecular formula is C29H28F3NO. The molecule has 3 aromatic carbocycles. The van der Waals surface area contributed by atoms with Gasteiger partial charge in [-0.1, -0.05) is 30.8 Å². The zero-order valence-electron chi connectivity index (χ0n) is 19.1. The molecule has 0 aliphatic carbocycles. The Morgan fingerprint density at radius 3 is 1.97 bits per heavy atom. The molecule has 0 amide bonds. The van der Waals surface area contributed by atoms with E-state index < -0.39 is 5.60 Å². The molecule has 0 saturated carbocycles. The fourth-order valence-corrected chi connectivity index (χ4v) is 5.32. The van der Waals surface area contributed by atoms with E-state index in [4.69, 9.17) is 4.74 Å². The minimum Gasteiger partial charge on any atom is -0.482 e. The van der Waals surface area contributed by atoms with Crippen LogP contribution in [-0.4, -0.2) is 30.1 Å². The lowest BCUT2D eigenvalue weighted by atomic mass is 9.83. The van der Waals surface area contributed by atoms with Gasteiger partial charge in [0.25, 0.3) is 0 Å². The summed E-state index contributed by atoms with van der Waals surface area (Å²) in [6, 6.07) is 17.8. The molecule has 2 nitrogen and oxygen atoms in total. The normalized spacial score (nSPS) is 17.2. The van der Waals surface area contributed by atoms with Crippen LogP contribution in [0.3, 0.4) is 0 Å². The lowest BCUT2D eigenvalue weighted by Gasteiger charge is -2.39. The molecule has 5 heteroatoms. The van der Waals surface area contributed by atoms with E-state index in [1.54, 1.807) is 6.07 Å². The number of hydrogen-bond donors (Lipinski definition) is 0. The van der Waals surface area contributed by atoms with E-state index in [0.29, 0.717) is 0 Å². The number of benzene rings is 3. The number of rotatable bonds is 6. The van der Waals surface area contributed by atoms with Gasteiger partial charge < -0.3 is 9.64 Å². The highest BCUT2D eigenvalue weighted by molar-refractivity contribution is 5.79. The second-order valence-electron chi connectivity index (χ2n) is 9.35. The van der Waals surface area contributed by atoms with Crippen LogP contribution in [0.1, 0.15) is 48.3 Å². The van der Waals surface area contributed by atoms with Crippen LogP contribution < -0.4 is 4.74 Å². The topological polar surface area (TPSA) is 12.5 Å². The van der Waals surface area contributed by atoms with Crippen molar-refractivity contribution in [2.75, 3.05) is 19.6 Å². The molecule has 2 aliphatic heterocycles. The maximum atomic E-state index is 13.7. The standard InChI is InChI=1S/C29H28F3NO/c1-20-27-19-25(32)12-13-28(27)34-29(20)14-17-33(18-15-29)16-2-3-26(21-4-8-23(30)9-5-21)22-6-10-24(31)11-7-22/h4-13,19,26H,1-3,14-18H2. The average molecular weight is 464 g/mol. The molecule has 2 aliphatic rings. The molecule has 1 saturated heterocycles. The van der Waals surface area contributed by atoms with E-state index in [9.17, 15) is 13.2 Å². The zero-order chi connectivity index (χ0) is 23.7. The molecule has 34 heavy (non-hydrogen) atoms. The molecule has 0 atom stereocenters. The highest BCUT2D eigenvalue weighted by Gasteiger charge is 2.45. The van der Waals surface area contributed by atoms with E-state index in [0.717, 1.165) is 73.3 Å². The van der Waals surface area contributed by atoms with Crippen molar-refractivity contribution in [3.8, 4) is 5.75 Å². The summed E-state index contributed by atoms with van der Waals surface area (Å²) in [5.74, 6) is 0.0183.